The van der Waals surface area contributed by atoms with Gasteiger partial charge in [0.15, 0.2) is 0 Å². The summed E-state index contributed by atoms with van der Waals surface area (Å²) in [6, 6.07) is 19.7. The summed E-state index contributed by atoms with van der Waals surface area (Å²) in [6.45, 7) is 5.79. The first-order chi connectivity index (χ1) is 15.7. The van der Waals surface area contributed by atoms with Crippen molar-refractivity contribution in [1.29, 1.82) is 0 Å². The van der Waals surface area contributed by atoms with Crippen molar-refractivity contribution in [3.05, 3.63) is 65.5 Å². The molecule has 0 atom stereocenters. The highest BCUT2D eigenvalue weighted by atomic mass is 32.1. The van der Waals surface area contributed by atoms with Crippen LogP contribution in [0.1, 0.15) is 9.67 Å². The van der Waals surface area contributed by atoms with Gasteiger partial charge in [-0.3, -0.25) is 4.79 Å². The fourth-order valence-corrected chi connectivity index (χ4v) is 5.55. The highest BCUT2D eigenvalue weighted by molar-refractivity contribution is 7.18. The number of piperazine rings is 1. The predicted octanol–water partition coefficient (Wildman–Crippen LogP) is 3.92. The van der Waals surface area contributed by atoms with Gasteiger partial charge < -0.3 is 24.5 Å². The van der Waals surface area contributed by atoms with Crippen molar-refractivity contribution in [2.45, 2.75) is 0 Å². The van der Waals surface area contributed by atoms with Crippen LogP contribution in [0.2, 0.25) is 0 Å². The molecule has 0 aliphatic carbocycles. The van der Waals surface area contributed by atoms with E-state index >= 15 is 0 Å². The number of anilines is 2. The van der Waals surface area contributed by atoms with Gasteiger partial charge in [-0.25, -0.2) is 0 Å². The number of morpholine rings is 1. The molecule has 5 rings (SSSR count). The Labute approximate surface area is 192 Å². The number of carbonyl (C=O) groups is 1. The zero-order valence-electron chi connectivity index (χ0n) is 17.9. The molecule has 3 aromatic rings. The molecule has 0 saturated carbocycles. The number of aromatic hydroxyl groups is 1. The lowest BCUT2D eigenvalue weighted by atomic mass is 10.1. The number of carbonyl (C=O) groups excluding carboxylic acids is 1. The molecule has 0 spiro atoms. The van der Waals surface area contributed by atoms with Crippen molar-refractivity contribution in [3.8, 4) is 16.9 Å². The maximum absolute atomic E-state index is 13.4. The Morgan fingerprint density at radius 1 is 0.844 bits per heavy atom. The molecular weight excluding hydrogens is 422 g/mol. The lowest BCUT2D eigenvalue weighted by molar-refractivity contribution is 0.0751. The molecule has 1 aromatic heterocycles. The fraction of sp³-hybridized carbons (Fsp3) is 0.320. The van der Waals surface area contributed by atoms with E-state index < -0.39 is 0 Å². The number of ether oxygens (including phenoxy) is 1. The van der Waals surface area contributed by atoms with Gasteiger partial charge in [-0.1, -0.05) is 42.5 Å². The minimum atomic E-state index is 0.0867. The van der Waals surface area contributed by atoms with Gasteiger partial charge in [0.25, 0.3) is 5.91 Å². The van der Waals surface area contributed by atoms with E-state index in [9.17, 15) is 9.90 Å². The minimum Gasteiger partial charge on any atom is -0.506 e. The summed E-state index contributed by atoms with van der Waals surface area (Å²) in [5.74, 6) is 0.372. The smallest absolute Gasteiger partial charge is 0.264 e. The lowest BCUT2D eigenvalue weighted by Gasteiger charge is -2.36. The molecule has 1 amide bonds. The molecule has 0 unspecified atom stereocenters. The summed E-state index contributed by atoms with van der Waals surface area (Å²) in [5.41, 5.74) is 3.08. The lowest BCUT2D eigenvalue weighted by Crippen LogP contribution is -2.48. The normalized spacial score (nSPS) is 16.9. The van der Waals surface area contributed by atoms with Gasteiger partial charge in [0.05, 0.1) is 28.8 Å². The first-order valence-corrected chi connectivity index (χ1v) is 11.9. The molecule has 2 fully saturated rings. The van der Waals surface area contributed by atoms with E-state index in [1.165, 1.54) is 0 Å². The summed E-state index contributed by atoms with van der Waals surface area (Å²) in [5, 5.41) is 11.3. The summed E-state index contributed by atoms with van der Waals surface area (Å²) in [4.78, 5) is 20.6. The van der Waals surface area contributed by atoms with E-state index in [-0.39, 0.29) is 11.7 Å². The molecule has 2 saturated heterocycles. The molecule has 166 valence electrons. The Kier molecular flexibility index (Phi) is 6.01. The average molecular weight is 450 g/mol. The largest absolute Gasteiger partial charge is 0.506 e. The molecule has 6 nitrogen and oxygen atoms in total. The van der Waals surface area contributed by atoms with Crippen LogP contribution in [-0.2, 0) is 4.74 Å². The molecule has 1 N–H and O–H groups in total. The van der Waals surface area contributed by atoms with Crippen molar-refractivity contribution in [2.24, 2.45) is 0 Å². The third-order valence-corrected chi connectivity index (χ3v) is 7.28. The molecule has 0 radical (unpaired) electrons. The van der Waals surface area contributed by atoms with Crippen LogP contribution in [0.5, 0.6) is 5.75 Å². The molecule has 7 heteroatoms. The van der Waals surface area contributed by atoms with Crippen LogP contribution >= 0.6 is 11.3 Å². The number of hydrogen-bond donors (Lipinski definition) is 1. The average Bonchev–Trinajstić information content (AvgIpc) is 3.31. The number of rotatable bonds is 4. The molecule has 3 heterocycles. The third-order valence-electron chi connectivity index (χ3n) is 6.10. The van der Waals surface area contributed by atoms with Gasteiger partial charge in [0.1, 0.15) is 5.75 Å². The third kappa shape index (κ3) is 4.18. The minimum absolute atomic E-state index is 0.0867. The number of para-hydroxylation sites is 2. The van der Waals surface area contributed by atoms with Gasteiger partial charge in [-0.05, 0) is 23.8 Å². The maximum Gasteiger partial charge on any atom is 0.264 e. The fourth-order valence-electron chi connectivity index (χ4n) is 4.35. The highest BCUT2D eigenvalue weighted by Crippen LogP contribution is 2.40. The van der Waals surface area contributed by atoms with Gasteiger partial charge >= 0.3 is 0 Å². The van der Waals surface area contributed by atoms with E-state index in [0.717, 1.165) is 39.8 Å². The number of benzene rings is 2. The van der Waals surface area contributed by atoms with Crippen molar-refractivity contribution in [2.75, 3.05) is 62.3 Å². The Hall–Kier alpha value is -3.03. The Bertz CT molecular complexity index is 1070. The summed E-state index contributed by atoms with van der Waals surface area (Å²) in [7, 11) is 0. The van der Waals surface area contributed by atoms with Gasteiger partial charge in [-0.2, -0.15) is 0 Å². The molecule has 2 aliphatic heterocycles. The Morgan fingerprint density at radius 3 is 2.25 bits per heavy atom. The van der Waals surface area contributed by atoms with Crippen LogP contribution in [-0.4, -0.2) is 68.4 Å². The molecular formula is C25H27N3O3S. The Balaban J connectivity index is 1.36. The zero-order chi connectivity index (χ0) is 21.9. The Morgan fingerprint density at radius 2 is 1.53 bits per heavy atom. The number of phenols is 1. The van der Waals surface area contributed by atoms with Gasteiger partial charge in [0, 0.05) is 44.8 Å². The van der Waals surface area contributed by atoms with Crippen LogP contribution in [0.3, 0.4) is 0 Å². The van der Waals surface area contributed by atoms with E-state index in [0.29, 0.717) is 39.4 Å². The quantitative estimate of drug-likeness (QED) is 0.654. The van der Waals surface area contributed by atoms with Gasteiger partial charge in [-0.15, -0.1) is 11.3 Å². The number of nitrogens with zero attached hydrogens (tertiary/aromatic N) is 3. The van der Waals surface area contributed by atoms with E-state index in [4.69, 9.17) is 4.74 Å². The van der Waals surface area contributed by atoms with Gasteiger partial charge in [0.2, 0.25) is 0 Å². The number of amides is 1. The van der Waals surface area contributed by atoms with Crippen LogP contribution in [0.4, 0.5) is 10.7 Å². The van der Waals surface area contributed by atoms with Crippen molar-refractivity contribution < 1.29 is 14.6 Å². The number of phenolic OH excluding ortho intramolecular Hbond substituents is 1. The number of hydrogen-bond acceptors (Lipinski definition) is 6. The maximum atomic E-state index is 13.4. The molecule has 2 aromatic carbocycles. The molecule has 32 heavy (non-hydrogen) atoms. The second-order valence-electron chi connectivity index (χ2n) is 8.06. The second kappa shape index (κ2) is 9.22. The summed E-state index contributed by atoms with van der Waals surface area (Å²) < 4.78 is 5.54. The monoisotopic (exact) mass is 449 g/mol. The molecule has 0 bridgehead atoms. The standard InChI is InChI=1S/C25H27N3O3S/c29-22-9-5-4-8-21(22)26-10-12-27(13-11-26)24(30)23-18-20(19-6-2-1-3-7-19)25(32-23)28-14-16-31-17-15-28/h1-9,18,29H,10-17H2. The van der Waals surface area contributed by atoms with Crippen LogP contribution in [0.25, 0.3) is 11.1 Å². The predicted molar refractivity (Wildman–Crippen MR) is 129 cm³/mol. The van der Waals surface area contributed by atoms with Crippen LogP contribution < -0.4 is 9.80 Å². The van der Waals surface area contributed by atoms with Crippen molar-refractivity contribution in [1.82, 2.24) is 4.90 Å². The van der Waals surface area contributed by atoms with Crippen molar-refractivity contribution in [3.63, 3.8) is 0 Å². The number of thiophene rings is 1. The van der Waals surface area contributed by atoms with Crippen LogP contribution in [0, 0.1) is 0 Å². The van der Waals surface area contributed by atoms with Crippen LogP contribution in [0.15, 0.2) is 60.7 Å². The highest BCUT2D eigenvalue weighted by Gasteiger charge is 2.27. The topological polar surface area (TPSA) is 56.2 Å². The first kappa shape index (κ1) is 20.8. The second-order valence-corrected chi connectivity index (χ2v) is 9.09. The first-order valence-electron chi connectivity index (χ1n) is 11.0. The zero-order valence-corrected chi connectivity index (χ0v) is 18.8. The van der Waals surface area contributed by atoms with E-state index in [1.54, 1.807) is 17.4 Å². The van der Waals surface area contributed by atoms with E-state index in [2.05, 4.69) is 28.0 Å². The molecule has 2 aliphatic rings. The summed E-state index contributed by atoms with van der Waals surface area (Å²) in [6.07, 6.45) is 0. The van der Waals surface area contributed by atoms with E-state index in [1.807, 2.05) is 41.3 Å². The van der Waals surface area contributed by atoms with Crippen molar-refractivity contribution >= 4 is 27.9 Å². The SMILES string of the molecule is O=C(c1cc(-c2ccccc2)c(N2CCOCC2)s1)N1CCN(c2ccccc2O)CC1. The summed E-state index contributed by atoms with van der Waals surface area (Å²) >= 11 is 1.59.